The van der Waals surface area contributed by atoms with Gasteiger partial charge in [-0.15, -0.1) is 0 Å². The lowest BCUT2D eigenvalue weighted by Crippen LogP contribution is -2.35. The number of thioether (sulfide) groups is 1. The molecule has 0 radical (unpaired) electrons. The first-order chi connectivity index (χ1) is 11.7. The molecule has 1 saturated heterocycles. The Bertz CT molecular complexity index is 737. The summed E-state index contributed by atoms with van der Waals surface area (Å²) in [4.78, 5) is 12.2. The van der Waals surface area contributed by atoms with E-state index in [9.17, 15) is 0 Å². The molecule has 0 spiro atoms. The van der Waals surface area contributed by atoms with E-state index in [1.54, 1.807) is 0 Å². The molecule has 126 valence electrons. The van der Waals surface area contributed by atoms with E-state index in [-0.39, 0.29) is 12.1 Å². The average Bonchev–Trinajstić information content (AvgIpc) is 3.29. The summed E-state index contributed by atoms with van der Waals surface area (Å²) in [5.41, 5.74) is 2.41. The summed E-state index contributed by atoms with van der Waals surface area (Å²) in [5, 5.41) is 1.19. The molecule has 1 fully saturated rings. The molecular weight excluding hydrogens is 316 g/mol. The van der Waals surface area contributed by atoms with Gasteiger partial charge in [0.15, 0.2) is 5.17 Å². The summed E-state index contributed by atoms with van der Waals surface area (Å²) in [6.45, 7) is 6.72. The van der Waals surface area contributed by atoms with E-state index < -0.39 is 0 Å². The highest BCUT2D eigenvalue weighted by atomic mass is 32.2. The summed E-state index contributed by atoms with van der Waals surface area (Å²) >= 11 is 1.90. The van der Waals surface area contributed by atoms with Crippen molar-refractivity contribution in [2.75, 3.05) is 5.75 Å². The molecule has 2 aliphatic rings. The lowest BCUT2D eigenvalue weighted by atomic mass is 9.97. The first-order valence-corrected chi connectivity index (χ1v) is 9.74. The van der Waals surface area contributed by atoms with E-state index in [0.29, 0.717) is 12.1 Å². The summed E-state index contributed by atoms with van der Waals surface area (Å²) in [6.07, 6.45) is 7.51. The highest BCUT2D eigenvalue weighted by molar-refractivity contribution is 8.14. The number of amidine groups is 1. The quantitative estimate of drug-likeness (QED) is 0.825. The number of aliphatic imine (C=N–C) groups is 1. The maximum Gasteiger partial charge on any atom is 0.160 e. The Kier molecular flexibility index (Phi) is 4.12. The lowest BCUT2D eigenvalue weighted by Gasteiger charge is -2.31. The maximum absolute atomic E-state index is 5.06. The number of nitrogens with zero attached hydrogens (tertiary/aromatic N) is 4. The molecule has 0 unspecified atom stereocenters. The van der Waals surface area contributed by atoms with Crippen molar-refractivity contribution in [2.24, 2.45) is 4.99 Å². The van der Waals surface area contributed by atoms with Crippen LogP contribution in [-0.2, 0) is 0 Å². The first kappa shape index (κ1) is 15.8. The van der Waals surface area contributed by atoms with Crippen LogP contribution < -0.4 is 0 Å². The Morgan fingerprint density at radius 2 is 2.17 bits per heavy atom. The van der Waals surface area contributed by atoms with Gasteiger partial charge in [0, 0.05) is 36.4 Å². The van der Waals surface area contributed by atoms with Crippen LogP contribution in [0.4, 0.5) is 0 Å². The second-order valence-corrected chi connectivity index (χ2v) is 7.81. The van der Waals surface area contributed by atoms with Gasteiger partial charge in [0.1, 0.15) is 6.04 Å². The SMILES string of the molecule is CC[C@@H]1CSC2=N[C@@H](c3ccccn3)[C@@H](c3ccn(C(C)C)c3)N21. The van der Waals surface area contributed by atoms with Gasteiger partial charge in [-0.2, -0.15) is 0 Å². The van der Waals surface area contributed by atoms with Gasteiger partial charge in [0.05, 0.1) is 11.7 Å². The second-order valence-electron chi connectivity index (χ2n) is 6.82. The fourth-order valence-electron chi connectivity index (χ4n) is 3.64. The summed E-state index contributed by atoms with van der Waals surface area (Å²) in [7, 11) is 0. The third-order valence-electron chi connectivity index (χ3n) is 5.00. The highest BCUT2D eigenvalue weighted by Gasteiger charge is 2.45. The Balaban J connectivity index is 1.76. The van der Waals surface area contributed by atoms with Crippen LogP contribution in [0.5, 0.6) is 0 Å². The molecule has 4 nitrogen and oxygen atoms in total. The Labute approximate surface area is 148 Å². The average molecular weight is 340 g/mol. The van der Waals surface area contributed by atoms with Crippen LogP contribution in [0.3, 0.4) is 0 Å². The molecular formula is C19H24N4S. The Hall–Kier alpha value is -1.75. The van der Waals surface area contributed by atoms with Gasteiger partial charge in [-0.1, -0.05) is 24.8 Å². The fourth-order valence-corrected chi connectivity index (χ4v) is 4.97. The van der Waals surface area contributed by atoms with Crippen LogP contribution in [0.2, 0.25) is 0 Å². The maximum atomic E-state index is 5.06. The molecule has 0 saturated carbocycles. The molecule has 0 N–H and O–H groups in total. The largest absolute Gasteiger partial charge is 0.351 e. The third kappa shape index (κ3) is 2.55. The minimum atomic E-state index is 0.0889. The Morgan fingerprint density at radius 1 is 1.29 bits per heavy atom. The third-order valence-corrected chi connectivity index (χ3v) is 6.13. The minimum Gasteiger partial charge on any atom is -0.351 e. The summed E-state index contributed by atoms with van der Waals surface area (Å²) in [5.74, 6) is 1.14. The molecule has 0 aromatic carbocycles. The zero-order chi connectivity index (χ0) is 16.7. The standard InChI is InChI=1S/C19H24N4S/c1-4-15-12-24-19-21-17(16-7-5-6-9-20-16)18(23(15)19)14-8-10-22(11-14)13(2)3/h5-11,13,15,17-18H,4,12H2,1-3H3/t15-,17+,18-/m1/s1. The lowest BCUT2D eigenvalue weighted by molar-refractivity contribution is 0.255. The van der Waals surface area contributed by atoms with E-state index in [1.165, 1.54) is 10.7 Å². The van der Waals surface area contributed by atoms with E-state index in [0.717, 1.165) is 17.9 Å². The van der Waals surface area contributed by atoms with E-state index in [4.69, 9.17) is 4.99 Å². The molecule has 2 aromatic heterocycles. The van der Waals surface area contributed by atoms with Crippen molar-refractivity contribution in [2.45, 2.75) is 51.4 Å². The molecule has 0 amide bonds. The van der Waals surface area contributed by atoms with Crippen LogP contribution >= 0.6 is 11.8 Å². The molecule has 2 aliphatic heterocycles. The smallest absolute Gasteiger partial charge is 0.160 e. The molecule has 0 aliphatic carbocycles. The number of fused-ring (bicyclic) bond motifs is 1. The zero-order valence-electron chi connectivity index (χ0n) is 14.5. The van der Waals surface area contributed by atoms with Crippen LogP contribution in [-0.4, -0.2) is 31.4 Å². The number of rotatable bonds is 4. The Morgan fingerprint density at radius 3 is 2.83 bits per heavy atom. The summed E-state index contributed by atoms with van der Waals surface area (Å²) in [6, 6.07) is 9.79. The molecule has 3 atom stereocenters. The van der Waals surface area contributed by atoms with E-state index in [1.807, 2.05) is 24.0 Å². The number of aromatic nitrogens is 2. The van der Waals surface area contributed by atoms with Crippen LogP contribution in [0, 0.1) is 0 Å². The van der Waals surface area contributed by atoms with E-state index >= 15 is 0 Å². The van der Waals surface area contributed by atoms with Crippen molar-refractivity contribution in [1.29, 1.82) is 0 Å². The van der Waals surface area contributed by atoms with Crippen molar-refractivity contribution in [1.82, 2.24) is 14.5 Å². The van der Waals surface area contributed by atoms with Gasteiger partial charge in [-0.25, -0.2) is 0 Å². The van der Waals surface area contributed by atoms with Gasteiger partial charge in [-0.05, 0) is 44.0 Å². The first-order valence-electron chi connectivity index (χ1n) is 8.76. The molecule has 24 heavy (non-hydrogen) atoms. The van der Waals surface area contributed by atoms with Gasteiger partial charge < -0.3 is 9.47 Å². The molecule has 0 bridgehead atoms. The highest BCUT2D eigenvalue weighted by Crippen LogP contribution is 2.48. The van der Waals surface area contributed by atoms with Crippen molar-refractivity contribution >= 4 is 16.9 Å². The van der Waals surface area contributed by atoms with Crippen LogP contribution in [0.15, 0.2) is 47.8 Å². The van der Waals surface area contributed by atoms with Gasteiger partial charge in [0.2, 0.25) is 0 Å². The van der Waals surface area contributed by atoms with Crippen LogP contribution in [0.1, 0.15) is 56.6 Å². The predicted molar refractivity (Wildman–Crippen MR) is 100 cm³/mol. The van der Waals surface area contributed by atoms with Gasteiger partial charge >= 0.3 is 0 Å². The van der Waals surface area contributed by atoms with Gasteiger partial charge in [-0.3, -0.25) is 9.98 Å². The zero-order valence-corrected chi connectivity index (χ0v) is 15.3. The normalized spacial score (nSPS) is 26.1. The molecule has 4 rings (SSSR count). The molecule has 2 aromatic rings. The topological polar surface area (TPSA) is 33.4 Å². The summed E-state index contributed by atoms with van der Waals surface area (Å²) < 4.78 is 2.28. The van der Waals surface area contributed by atoms with Gasteiger partial charge in [0.25, 0.3) is 0 Å². The number of hydrogen-bond donors (Lipinski definition) is 0. The second kappa shape index (κ2) is 6.28. The predicted octanol–water partition coefficient (Wildman–Crippen LogP) is 4.44. The molecule has 5 heteroatoms. The van der Waals surface area contributed by atoms with Crippen molar-refractivity contribution in [3.05, 3.63) is 54.1 Å². The number of pyridine rings is 1. The monoisotopic (exact) mass is 340 g/mol. The number of hydrogen-bond acceptors (Lipinski definition) is 4. The molecule has 4 heterocycles. The van der Waals surface area contributed by atoms with Crippen molar-refractivity contribution in [3.8, 4) is 0 Å². The van der Waals surface area contributed by atoms with Crippen LogP contribution in [0.25, 0.3) is 0 Å². The van der Waals surface area contributed by atoms with Crippen molar-refractivity contribution < 1.29 is 0 Å². The fraction of sp³-hybridized carbons (Fsp3) is 0.474. The van der Waals surface area contributed by atoms with E-state index in [2.05, 4.69) is 65.8 Å². The minimum absolute atomic E-state index is 0.0889. The van der Waals surface area contributed by atoms with Crippen molar-refractivity contribution in [3.63, 3.8) is 0 Å².